The minimum absolute atomic E-state index is 0.155. The largest absolute Gasteiger partial charge is 0.370 e. The Labute approximate surface area is 78.5 Å². The van der Waals surface area contributed by atoms with Crippen molar-refractivity contribution in [1.29, 1.82) is 0 Å². The number of benzene rings is 1. The van der Waals surface area contributed by atoms with E-state index in [1.165, 1.54) is 5.56 Å². The number of aliphatic imine (C=N–C) groups is 1. The van der Waals surface area contributed by atoms with Gasteiger partial charge in [0.2, 0.25) is 0 Å². The maximum atomic E-state index is 5.25. The molecule has 1 aromatic rings. The normalized spacial score (nSPS) is 12.1. The third-order valence-electron chi connectivity index (χ3n) is 1.92. The highest BCUT2D eigenvalue weighted by Crippen LogP contribution is 2.13. The van der Waals surface area contributed by atoms with Gasteiger partial charge in [-0.05, 0) is 5.56 Å². The molecule has 4 N–H and O–H groups in total. The van der Waals surface area contributed by atoms with Gasteiger partial charge in [0, 0.05) is 12.5 Å². The standard InChI is InChI=1S/C10H15N3/c1-8(7-13-10(11)12)9-5-3-2-4-6-9/h2-6,8H,7H2,1H3,(H4,11,12,13). The summed E-state index contributed by atoms with van der Waals surface area (Å²) in [6.07, 6.45) is 0. The van der Waals surface area contributed by atoms with Crippen LogP contribution in [0.4, 0.5) is 0 Å². The topological polar surface area (TPSA) is 64.4 Å². The SMILES string of the molecule is CC(CN=C(N)N)c1ccccc1. The van der Waals surface area contributed by atoms with Crippen molar-refractivity contribution in [2.24, 2.45) is 16.5 Å². The summed E-state index contributed by atoms with van der Waals surface area (Å²) in [4.78, 5) is 3.97. The monoisotopic (exact) mass is 177 g/mol. The van der Waals surface area contributed by atoms with Crippen molar-refractivity contribution in [2.45, 2.75) is 12.8 Å². The Bertz CT molecular complexity index is 275. The van der Waals surface area contributed by atoms with Gasteiger partial charge in [0.05, 0.1) is 0 Å². The molecule has 0 heterocycles. The van der Waals surface area contributed by atoms with E-state index in [-0.39, 0.29) is 5.96 Å². The first-order valence-electron chi connectivity index (χ1n) is 4.30. The van der Waals surface area contributed by atoms with Crippen LogP contribution in [0.25, 0.3) is 0 Å². The van der Waals surface area contributed by atoms with Crippen LogP contribution in [0.15, 0.2) is 35.3 Å². The fourth-order valence-electron chi connectivity index (χ4n) is 1.13. The average molecular weight is 177 g/mol. The van der Waals surface area contributed by atoms with Gasteiger partial charge in [0.1, 0.15) is 0 Å². The zero-order valence-electron chi connectivity index (χ0n) is 7.77. The molecular formula is C10H15N3. The number of hydrogen-bond donors (Lipinski definition) is 2. The predicted octanol–water partition coefficient (Wildman–Crippen LogP) is 1.06. The molecule has 3 nitrogen and oxygen atoms in total. The van der Waals surface area contributed by atoms with Gasteiger partial charge >= 0.3 is 0 Å². The van der Waals surface area contributed by atoms with Gasteiger partial charge in [0.25, 0.3) is 0 Å². The molecule has 1 atom stereocenters. The van der Waals surface area contributed by atoms with Crippen molar-refractivity contribution in [3.63, 3.8) is 0 Å². The smallest absolute Gasteiger partial charge is 0.185 e. The second-order valence-corrected chi connectivity index (χ2v) is 3.08. The number of hydrogen-bond acceptors (Lipinski definition) is 1. The number of nitrogens with zero attached hydrogens (tertiary/aromatic N) is 1. The molecular weight excluding hydrogens is 162 g/mol. The van der Waals surface area contributed by atoms with Crippen LogP contribution in [0.2, 0.25) is 0 Å². The second kappa shape index (κ2) is 4.50. The third-order valence-corrected chi connectivity index (χ3v) is 1.92. The third kappa shape index (κ3) is 3.15. The van der Waals surface area contributed by atoms with Crippen molar-refractivity contribution < 1.29 is 0 Å². The molecule has 1 unspecified atom stereocenters. The van der Waals surface area contributed by atoms with Gasteiger partial charge in [0.15, 0.2) is 5.96 Å². The number of rotatable bonds is 3. The minimum Gasteiger partial charge on any atom is -0.370 e. The lowest BCUT2D eigenvalue weighted by molar-refractivity contribution is 0.773. The lowest BCUT2D eigenvalue weighted by atomic mass is 10.0. The molecule has 70 valence electrons. The van der Waals surface area contributed by atoms with Gasteiger partial charge in [-0.15, -0.1) is 0 Å². The van der Waals surface area contributed by atoms with Gasteiger partial charge in [-0.2, -0.15) is 0 Å². The molecule has 0 aliphatic rings. The van der Waals surface area contributed by atoms with E-state index in [0.717, 1.165) is 0 Å². The Kier molecular flexibility index (Phi) is 3.31. The van der Waals surface area contributed by atoms with E-state index < -0.39 is 0 Å². The van der Waals surface area contributed by atoms with Crippen LogP contribution < -0.4 is 11.5 Å². The number of guanidine groups is 1. The fraction of sp³-hybridized carbons (Fsp3) is 0.300. The summed E-state index contributed by atoms with van der Waals surface area (Å²) in [5.41, 5.74) is 11.8. The van der Waals surface area contributed by atoms with Crippen molar-refractivity contribution in [3.8, 4) is 0 Å². The molecule has 1 aromatic carbocycles. The summed E-state index contributed by atoms with van der Waals surface area (Å²) in [5.74, 6) is 0.520. The van der Waals surface area contributed by atoms with Crippen LogP contribution in [0.5, 0.6) is 0 Å². The average Bonchev–Trinajstić information content (AvgIpc) is 2.15. The number of nitrogens with two attached hydrogens (primary N) is 2. The van der Waals surface area contributed by atoms with E-state index in [2.05, 4.69) is 24.0 Å². The predicted molar refractivity (Wildman–Crippen MR) is 55.5 cm³/mol. The van der Waals surface area contributed by atoms with E-state index in [4.69, 9.17) is 11.5 Å². The minimum atomic E-state index is 0.155. The lowest BCUT2D eigenvalue weighted by Crippen LogP contribution is -2.23. The highest BCUT2D eigenvalue weighted by molar-refractivity contribution is 5.75. The van der Waals surface area contributed by atoms with Gasteiger partial charge < -0.3 is 11.5 Å². The Morgan fingerprint density at radius 1 is 1.31 bits per heavy atom. The lowest BCUT2D eigenvalue weighted by Gasteiger charge is -2.07. The first kappa shape index (κ1) is 9.58. The van der Waals surface area contributed by atoms with E-state index in [9.17, 15) is 0 Å². The summed E-state index contributed by atoms with van der Waals surface area (Å²) >= 11 is 0. The van der Waals surface area contributed by atoms with Crippen LogP contribution in [-0.2, 0) is 0 Å². The van der Waals surface area contributed by atoms with Crippen LogP contribution in [0.1, 0.15) is 18.4 Å². The van der Waals surface area contributed by atoms with E-state index >= 15 is 0 Å². The van der Waals surface area contributed by atoms with Crippen LogP contribution in [0.3, 0.4) is 0 Å². The summed E-state index contributed by atoms with van der Waals surface area (Å²) in [7, 11) is 0. The van der Waals surface area contributed by atoms with Crippen LogP contribution in [-0.4, -0.2) is 12.5 Å². The zero-order valence-corrected chi connectivity index (χ0v) is 7.77. The fourth-order valence-corrected chi connectivity index (χ4v) is 1.13. The van der Waals surface area contributed by atoms with Crippen LogP contribution >= 0.6 is 0 Å². The molecule has 0 aliphatic heterocycles. The van der Waals surface area contributed by atoms with Crippen LogP contribution in [0, 0.1) is 0 Å². The zero-order chi connectivity index (χ0) is 9.68. The highest BCUT2D eigenvalue weighted by atomic mass is 15.0. The summed E-state index contributed by atoms with van der Waals surface area (Å²) in [5, 5.41) is 0. The van der Waals surface area contributed by atoms with Gasteiger partial charge in [-0.3, -0.25) is 4.99 Å². The molecule has 1 rings (SSSR count). The molecule has 13 heavy (non-hydrogen) atoms. The summed E-state index contributed by atoms with van der Waals surface area (Å²) in [6.45, 7) is 2.74. The molecule has 0 bridgehead atoms. The first-order valence-corrected chi connectivity index (χ1v) is 4.30. The molecule has 0 fully saturated rings. The summed E-state index contributed by atoms with van der Waals surface area (Å²) < 4.78 is 0. The molecule has 0 saturated heterocycles. The Balaban J connectivity index is 2.59. The maximum Gasteiger partial charge on any atom is 0.185 e. The van der Waals surface area contributed by atoms with E-state index in [0.29, 0.717) is 12.5 Å². The van der Waals surface area contributed by atoms with Crippen molar-refractivity contribution in [1.82, 2.24) is 0 Å². The molecule has 0 radical (unpaired) electrons. The second-order valence-electron chi connectivity index (χ2n) is 3.08. The van der Waals surface area contributed by atoms with Gasteiger partial charge in [-0.1, -0.05) is 37.3 Å². The van der Waals surface area contributed by atoms with E-state index in [1.54, 1.807) is 0 Å². The van der Waals surface area contributed by atoms with Crippen molar-refractivity contribution in [2.75, 3.05) is 6.54 Å². The molecule has 0 saturated carbocycles. The Morgan fingerprint density at radius 2 is 1.92 bits per heavy atom. The van der Waals surface area contributed by atoms with Crippen molar-refractivity contribution in [3.05, 3.63) is 35.9 Å². The highest BCUT2D eigenvalue weighted by Gasteiger charge is 2.02. The molecule has 0 aliphatic carbocycles. The quantitative estimate of drug-likeness (QED) is 0.535. The maximum absolute atomic E-state index is 5.25. The molecule has 0 spiro atoms. The van der Waals surface area contributed by atoms with Gasteiger partial charge in [-0.25, -0.2) is 0 Å². The molecule has 3 heteroatoms. The Hall–Kier alpha value is -1.51. The van der Waals surface area contributed by atoms with E-state index in [1.807, 2.05) is 18.2 Å². The molecule has 0 aromatic heterocycles. The Morgan fingerprint density at radius 3 is 2.46 bits per heavy atom. The first-order chi connectivity index (χ1) is 6.20. The molecule has 0 amide bonds. The van der Waals surface area contributed by atoms with Crippen molar-refractivity contribution >= 4 is 5.96 Å². The summed E-state index contributed by atoms with van der Waals surface area (Å²) in [6, 6.07) is 10.2.